The first-order chi connectivity index (χ1) is 10.4. The number of carbonyl (C=O) groups is 1. The lowest BCUT2D eigenvalue weighted by atomic mass is 10.1. The predicted molar refractivity (Wildman–Crippen MR) is 82.7 cm³/mol. The van der Waals surface area contributed by atoms with Crippen molar-refractivity contribution in [2.45, 2.75) is 4.90 Å². The predicted octanol–water partition coefficient (Wildman–Crippen LogP) is 3.08. The molecule has 1 unspecified atom stereocenters. The first kappa shape index (κ1) is 16.4. The van der Waals surface area contributed by atoms with Crippen molar-refractivity contribution in [1.29, 1.82) is 0 Å². The van der Waals surface area contributed by atoms with Crippen molar-refractivity contribution in [1.82, 2.24) is 5.48 Å². The van der Waals surface area contributed by atoms with Gasteiger partial charge in [0.25, 0.3) is 5.91 Å². The molecule has 3 N–H and O–H groups in total. The van der Waals surface area contributed by atoms with Crippen LogP contribution in [-0.4, -0.2) is 21.6 Å². The van der Waals surface area contributed by atoms with Gasteiger partial charge in [0.2, 0.25) is 0 Å². The summed E-state index contributed by atoms with van der Waals surface area (Å²) in [7, 11) is -1.18. The Morgan fingerprint density at radius 1 is 1.23 bits per heavy atom. The van der Waals surface area contributed by atoms with E-state index in [1.807, 2.05) is 0 Å². The number of hydroxylamine groups is 1. The Morgan fingerprint density at radius 2 is 1.95 bits per heavy atom. The Balaban J connectivity index is 2.40. The molecule has 0 aliphatic carbocycles. The molecule has 2 rings (SSSR count). The fourth-order valence-electron chi connectivity index (χ4n) is 1.80. The Morgan fingerprint density at radius 3 is 2.55 bits per heavy atom. The fraction of sp³-hybridized carbons (Fsp3) is 0.0714. The Kier molecular flexibility index (Phi) is 5.12. The van der Waals surface area contributed by atoms with Gasteiger partial charge < -0.3 is 5.32 Å². The summed E-state index contributed by atoms with van der Waals surface area (Å²) >= 11 is 6.09. The molecule has 0 aromatic heterocycles. The zero-order chi connectivity index (χ0) is 16.3. The maximum Gasteiger partial charge on any atom is 0.276 e. The summed E-state index contributed by atoms with van der Waals surface area (Å²) in [6, 6.07) is 8.13. The molecule has 0 aliphatic heterocycles. The molecule has 0 saturated carbocycles. The van der Waals surface area contributed by atoms with Gasteiger partial charge in [0.05, 0.1) is 22.0 Å². The monoisotopic (exact) mass is 342 g/mol. The summed E-state index contributed by atoms with van der Waals surface area (Å²) in [6.45, 7) is 0. The lowest BCUT2D eigenvalue weighted by molar-refractivity contribution is 0.0707. The van der Waals surface area contributed by atoms with Crippen molar-refractivity contribution in [2.24, 2.45) is 0 Å². The third-order valence-corrected chi connectivity index (χ3v) is 4.10. The van der Waals surface area contributed by atoms with Crippen molar-refractivity contribution >= 4 is 39.7 Å². The van der Waals surface area contributed by atoms with Crippen molar-refractivity contribution in [3.63, 3.8) is 0 Å². The largest absolute Gasteiger partial charge is 0.354 e. The van der Waals surface area contributed by atoms with E-state index in [1.165, 1.54) is 23.9 Å². The maximum atomic E-state index is 13.4. The molecular weight excluding hydrogens is 331 g/mol. The summed E-state index contributed by atoms with van der Waals surface area (Å²) in [5.41, 5.74) is 2.08. The first-order valence-corrected chi connectivity index (χ1v) is 8.00. The van der Waals surface area contributed by atoms with Crippen molar-refractivity contribution in [3.8, 4) is 0 Å². The van der Waals surface area contributed by atoms with E-state index in [4.69, 9.17) is 16.8 Å². The van der Waals surface area contributed by atoms with Crippen LogP contribution in [0.1, 0.15) is 10.4 Å². The van der Waals surface area contributed by atoms with Gasteiger partial charge in [-0.15, -0.1) is 0 Å². The minimum Gasteiger partial charge on any atom is -0.354 e. The van der Waals surface area contributed by atoms with E-state index >= 15 is 0 Å². The van der Waals surface area contributed by atoms with Gasteiger partial charge in [0.1, 0.15) is 5.82 Å². The van der Waals surface area contributed by atoms with Crippen LogP contribution in [-0.2, 0) is 10.8 Å². The van der Waals surface area contributed by atoms with Crippen LogP contribution in [0.15, 0.2) is 41.3 Å². The molecule has 0 bridgehead atoms. The van der Waals surface area contributed by atoms with E-state index in [2.05, 4.69) is 5.32 Å². The fourth-order valence-corrected chi connectivity index (χ4v) is 2.64. The van der Waals surface area contributed by atoms with Crippen molar-refractivity contribution in [3.05, 3.63) is 52.8 Å². The summed E-state index contributed by atoms with van der Waals surface area (Å²) < 4.78 is 24.8. The number of hydrogen-bond donors (Lipinski definition) is 3. The highest BCUT2D eigenvalue weighted by Gasteiger charge is 2.13. The van der Waals surface area contributed by atoms with Crippen LogP contribution in [0, 0.1) is 5.82 Å². The first-order valence-electron chi connectivity index (χ1n) is 6.06. The average molecular weight is 343 g/mol. The van der Waals surface area contributed by atoms with Crippen molar-refractivity contribution < 1.29 is 18.6 Å². The SMILES string of the molecule is CS(=O)c1ccc(Nc2cc(F)ccc2C(=O)NO)c(Cl)c1. The van der Waals surface area contributed by atoms with Crippen LogP contribution < -0.4 is 10.8 Å². The van der Waals surface area contributed by atoms with Crippen LogP contribution >= 0.6 is 11.6 Å². The van der Waals surface area contributed by atoms with E-state index in [-0.39, 0.29) is 16.3 Å². The minimum atomic E-state index is -1.18. The number of benzene rings is 2. The van der Waals surface area contributed by atoms with Gasteiger partial charge in [-0.25, -0.2) is 9.87 Å². The van der Waals surface area contributed by atoms with E-state index in [9.17, 15) is 13.4 Å². The van der Waals surface area contributed by atoms with Gasteiger partial charge in [0, 0.05) is 22.0 Å². The molecule has 0 saturated heterocycles. The molecular formula is C14H12ClFN2O3S. The van der Waals surface area contributed by atoms with Gasteiger partial charge in [-0.3, -0.25) is 14.2 Å². The number of amides is 1. The lowest BCUT2D eigenvalue weighted by Crippen LogP contribution is -2.20. The molecule has 1 atom stereocenters. The topological polar surface area (TPSA) is 78.4 Å². The van der Waals surface area contributed by atoms with Gasteiger partial charge >= 0.3 is 0 Å². The molecule has 2 aromatic rings. The number of rotatable bonds is 4. The number of hydrogen-bond acceptors (Lipinski definition) is 4. The van der Waals surface area contributed by atoms with Gasteiger partial charge in [-0.1, -0.05) is 11.6 Å². The van der Waals surface area contributed by atoms with Gasteiger partial charge in [-0.05, 0) is 36.4 Å². The highest BCUT2D eigenvalue weighted by molar-refractivity contribution is 7.84. The average Bonchev–Trinajstić information content (AvgIpc) is 2.48. The smallest absolute Gasteiger partial charge is 0.276 e. The molecule has 0 fully saturated rings. The second-order valence-corrected chi connectivity index (χ2v) is 6.14. The molecule has 1 amide bonds. The standard InChI is InChI=1S/C14H12ClFN2O3S/c1-22(21)9-3-5-12(11(15)7-9)17-13-6-8(16)2-4-10(13)14(19)18-20/h2-7,17,20H,1H3,(H,18,19). The zero-order valence-corrected chi connectivity index (χ0v) is 13.0. The lowest BCUT2D eigenvalue weighted by Gasteiger charge is -2.13. The second kappa shape index (κ2) is 6.87. The number of anilines is 2. The summed E-state index contributed by atoms with van der Waals surface area (Å²) in [5, 5.41) is 11.8. The molecule has 0 aliphatic rings. The quantitative estimate of drug-likeness (QED) is 0.589. The second-order valence-electron chi connectivity index (χ2n) is 4.35. The third-order valence-electron chi connectivity index (χ3n) is 2.87. The minimum absolute atomic E-state index is 0.0445. The maximum absolute atomic E-state index is 13.4. The molecule has 0 heterocycles. The van der Waals surface area contributed by atoms with E-state index in [0.29, 0.717) is 10.6 Å². The molecule has 8 heteroatoms. The third kappa shape index (κ3) is 3.62. The Bertz CT molecular complexity index is 755. The molecule has 116 valence electrons. The van der Waals surface area contributed by atoms with Gasteiger partial charge in [0.15, 0.2) is 0 Å². The van der Waals surface area contributed by atoms with E-state index < -0.39 is 22.5 Å². The van der Waals surface area contributed by atoms with Crippen LogP contribution in [0.4, 0.5) is 15.8 Å². The molecule has 5 nitrogen and oxygen atoms in total. The van der Waals surface area contributed by atoms with E-state index in [0.717, 1.165) is 12.1 Å². The van der Waals surface area contributed by atoms with Crippen LogP contribution in [0.2, 0.25) is 5.02 Å². The normalized spacial score (nSPS) is 11.8. The Labute approximate surface area is 133 Å². The zero-order valence-electron chi connectivity index (χ0n) is 11.4. The highest BCUT2D eigenvalue weighted by atomic mass is 35.5. The highest BCUT2D eigenvalue weighted by Crippen LogP contribution is 2.29. The molecule has 0 radical (unpaired) electrons. The number of halogens is 2. The van der Waals surface area contributed by atoms with E-state index in [1.54, 1.807) is 12.1 Å². The summed E-state index contributed by atoms with van der Waals surface area (Å²) in [5.74, 6) is -1.34. The summed E-state index contributed by atoms with van der Waals surface area (Å²) in [6.07, 6.45) is 1.52. The number of carbonyl (C=O) groups excluding carboxylic acids is 1. The van der Waals surface area contributed by atoms with Crippen LogP contribution in [0.3, 0.4) is 0 Å². The summed E-state index contributed by atoms with van der Waals surface area (Å²) in [4.78, 5) is 12.1. The number of nitrogens with one attached hydrogen (secondary N) is 2. The molecule has 22 heavy (non-hydrogen) atoms. The van der Waals surface area contributed by atoms with Gasteiger partial charge in [-0.2, -0.15) is 0 Å². The Hall–Kier alpha value is -1.96. The molecule has 2 aromatic carbocycles. The van der Waals surface area contributed by atoms with Crippen molar-refractivity contribution in [2.75, 3.05) is 11.6 Å². The van der Waals surface area contributed by atoms with Crippen LogP contribution in [0.5, 0.6) is 0 Å². The van der Waals surface area contributed by atoms with Crippen LogP contribution in [0.25, 0.3) is 0 Å². The molecule has 0 spiro atoms.